The molecule has 2 aliphatic carbocycles. The van der Waals surface area contributed by atoms with Crippen LogP contribution in [0.5, 0.6) is 0 Å². The third-order valence-corrected chi connectivity index (χ3v) is 4.86. The number of hydrogen-bond acceptors (Lipinski definition) is 2. The third kappa shape index (κ3) is 2.39. The van der Waals surface area contributed by atoms with E-state index in [9.17, 15) is 8.78 Å². The highest BCUT2D eigenvalue weighted by molar-refractivity contribution is 5.29. The Labute approximate surface area is 112 Å². The first kappa shape index (κ1) is 13.0. The first-order valence-electron chi connectivity index (χ1n) is 6.99. The lowest BCUT2D eigenvalue weighted by molar-refractivity contribution is 0.239. The van der Waals surface area contributed by atoms with Crippen LogP contribution >= 0.6 is 0 Å². The van der Waals surface area contributed by atoms with Crippen molar-refractivity contribution in [3.8, 4) is 0 Å². The fourth-order valence-electron chi connectivity index (χ4n) is 3.49. The second kappa shape index (κ2) is 4.53. The lowest BCUT2D eigenvalue weighted by atomic mass is 9.76. The molecular formula is C15H20F2N2. The molecule has 4 heteroatoms. The number of halogens is 2. The minimum absolute atomic E-state index is 0.161. The van der Waals surface area contributed by atoms with E-state index in [0.29, 0.717) is 5.92 Å². The fourth-order valence-corrected chi connectivity index (χ4v) is 3.49. The van der Waals surface area contributed by atoms with Gasteiger partial charge >= 0.3 is 0 Å². The van der Waals surface area contributed by atoms with Gasteiger partial charge in [-0.15, -0.1) is 0 Å². The molecular weight excluding hydrogens is 246 g/mol. The van der Waals surface area contributed by atoms with Crippen molar-refractivity contribution in [1.82, 2.24) is 0 Å². The molecule has 2 nitrogen and oxygen atoms in total. The first-order valence-corrected chi connectivity index (χ1v) is 6.99. The van der Waals surface area contributed by atoms with Crippen molar-refractivity contribution in [1.29, 1.82) is 0 Å². The van der Waals surface area contributed by atoms with E-state index in [1.807, 2.05) is 0 Å². The van der Waals surface area contributed by atoms with Gasteiger partial charge in [-0.2, -0.15) is 0 Å². The Balaban J connectivity index is 1.72. The summed E-state index contributed by atoms with van der Waals surface area (Å²) in [5, 5.41) is 0. The quantitative estimate of drug-likeness (QED) is 0.864. The number of nitrogens with two attached hydrogens (primary N) is 2. The van der Waals surface area contributed by atoms with Crippen LogP contribution in [-0.4, -0.2) is 11.6 Å². The maximum Gasteiger partial charge on any atom is 0.159 e. The average Bonchev–Trinajstić information content (AvgIpc) is 3.17. The summed E-state index contributed by atoms with van der Waals surface area (Å²) in [6.07, 6.45) is 4.81. The molecule has 2 fully saturated rings. The molecule has 0 aliphatic heterocycles. The SMILES string of the molecule is NC1CCC(N)([C@@H]2C[C@H]2c2ccc(F)c(F)c2)CC1. The van der Waals surface area contributed by atoms with E-state index in [0.717, 1.165) is 37.7 Å². The Hall–Kier alpha value is -1.00. The van der Waals surface area contributed by atoms with E-state index in [2.05, 4.69) is 0 Å². The molecule has 4 N–H and O–H groups in total. The van der Waals surface area contributed by atoms with Crippen molar-refractivity contribution in [3.05, 3.63) is 35.4 Å². The summed E-state index contributed by atoms with van der Waals surface area (Å²) >= 11 is 0. The highest BCUT2D eigenvalue weighted by Gasteiger charge is 2.51. The largest absolute Gasteiger partial charge is 0.328 e. The van der Waals surface area contributed by atoms with E-state index < -0.39 is 11.6 Å². The van der Waals surface area contributed by atoms with Gasteiger partial charge in [0, 0.05) is 11.6 Å². The molecule has 0 amide bonds. The van der Waals surface area contributed by atoms with Crippen LogP contribution in [0.25, 0.3) is 0 Å². The van der Waals surface area contributed by atoms with Crippen LogP contribution in [0.4, 0.5) is 8.78 Å². The summed E-state index contributed by atoms with van der Waals surface area (Å²) in [4.78, 5) is 0. The Bertz CT molecular complexity index is 481. The summed E-state index contributed by atoms with van der Waals surface area (Å²) in [7, 11) is 0. The van der Waals surface area contributed by atoms with Gasteiger partial charge in [-0.1, -0.05) is 6.07 Å². The van der Waals surface area contributed by atoms with Crippen LogP contribution in [0, 0.1) is 17.6 Å². The summed E-state index contributed by atoms with van der Waals surface area (Å²) in [5.41, 5.74) is 13.1. The number of benzene rings is 1. The highest BCUT2D eigenvalue weighted by atomic mass is 19.2. The van der Waals surface area contributed by atoms with Crippen molar-refractivity contribution in [2.45, 2.75) is 49.6 Å². The van der Waals surface area contributed by atoms with Crippen molar-refractivity contribution in [3.63, 3.8) is 0 Å². The highest BCUT2D eigenvalue weighted by Crippen LogP contribution is 2.56. The molecule has 0 spiro atoms. The van der Waals surface area contributed by atoms with Crippen molar-refractivity contribution >= 4 is 0 Å². The molecule has 0 heterocycles. The van der Waals surface area contributed by atoms with E-state index >= 15 is 0 Å². The van der Waals surface area contributed by atoms with Crippen molar-refractivity contribution in [2.75, 3.05) is 0 Å². The van der Waals surface area contributed by atoms with Gasteiger partial charge < -0.3 is 11.5 Å². The Kier molecular flexibility index (Phi) is 3.10. The van der Waals surface area contributed by atoms with Gasteiger partial charge in [-0.25, -0.2) is 8.78 Å². The zero-order valence-corrected chi connectivity index (χ0v) is 10.9. The Morgan fingerprint density at radius 3 is 2.42 bits per heavy atom. The van der Waals surface area contributed by atoms with Crippen LogP contribution in [0.2, 0.25) is 0 Å². The normalized spacial score (nSPS) is 38.2. The fraction of sp³-hybridized carbons (Fsp3) is 0.600. The molecule has 19 heavy (non-hydrogen) atoms. The molecule has 0 aromatic heterocycles. The maximum absolute atomic E-state index is 13.3. The number of rotatable bonds is 2. The van der Waals surface area contributed by atoms with Crippen molar-refractivity contribution in [2.24, 2.45) is 17.4 Å². The topological polar surface area (TPSA) is 52.0 Å². The van der Waals surface area contributed by atoms with E-state index in [1.165, 1.54) is 12.1 Å². The summed E-state index contributed by atoms with van der Waals surface area (Å²) < 4.78 is 26.2. The van der Waals surface area contributed by atoms with Gasteiger partial charge in [0.1, 0.15) is 0 Å². The second-order valence-electron chi connectivity index (χ2n) is 6.19. The van der Waals surface area contributed by atoms with Gasteiger partial charge in [-0.05, 0) is 61.6 Å². The van der Waals surface area contributed by atoms with Gasteiger partial charge in [0.25, 0.3) is 0 Å². The molecule has 2 aliphatic rings. The van der Waals surface area contributed by atoms with Crippen LogP contribution in [0.15, 0.2) is 18.2 Å². The summed E-state index contributed by atoms with van der Waals surface area (Å²) in [6, 6.07) is 4.48. The molecule has 1 aromatic rings. The van der Waals surface area contributed by atoms with Gasteiger partial charge in [-0.3, -0.25) is 0 Å². The lowest BCUT2D eigenvalue weighted by Crippen LogP contribution is -2.48. The molecule has 1 aromatic carbocycles. The van der Waals surface area contributed by atoms with Crippen molar-refractivity contribution < 1.29 is 8.78 Å². The van der Waals surface area contributed by atoms with E-state index in [-0.39, 0.29) is 17.5 Å². The third-order valence-electron chi connectivity index (χ3n) is 4.86. The smallest absolute Gasteiger partial charge is 0.159 e. The number of hydrogen-bond donors (Lipinski definition) is 2. The monoisotopic (exact) mass is 266 g/mol. The van der Waals surface area contributed by atoms with Crippen LogP contribution in [-0.2, 0) is 0 Å². The molecule has 3 rings (SSSR count). The lowest BCUT2D eigenvalue weighted by Gasteiger charge is -2.36. The van der Waals surface area contributed by atoms with E-state index in [1.54, 1.807) is 6.07 Å². The molecule has 104 valence electrons. The predicted molar refractivity (Wildman–Crippen MR) is 70.6 cm³/mol. The molecule has 2 atom stereocenters. The van der Waals surface area contributed by atoms with Gasteiger partial charge in [0.15, 0.2) is 11.6 Å². The van der Waals surface area contributed by atoms with Gasteiger partial charge in [0.05, 0.1) is 0 Å². The summed E-state index contributed by atoms with van der Waals surface area (Å²) in [5.74, 6) is -0.869. The predicted octanol–water partition coefficient (Wildman–Crippen LogP) is 2.67. The van der Waals surface area contributed by atoms with Crippen LogP contribution in [0.3, 0.4) is 0 Å². The maximum atomic E-state index is 13.3. The second-order valence-corrected chi connectivity index (χ2v) is 6.19. The summed E-state index contributed by atoms with van der Waals surface area (Å²) in [6.45, 7) is 0. The molecule has 0 bridgehead atoms. The van der Waals surface area contributed by atoms with Crippen LogP contribution in [0.1, 0.15) is 43.6 Å². The molecule has 0 radical (unpaired) electrons. The standard InChI is InChI=1S/C15H20F2N2/c16-13-2-1-9(7-14(13)17)11-8-12(11)15(19)5-3-10(18)4-6-15/h1-2,7,10-12H,3-6,8,18-19H2/t10?,11-,12+,15?/m0/s1. The van der Waals surface area contributed by atoms with E-state index in [4.69, 9.17) is 11.5 Å². The molecule has 2 saturated carbocycles. The minimum atomic E-state index is -0.785. The zero-order chi connectivity index (χ0) is 13.6. The van der Waals surface area contributed by atoms with Gasteiger partial charge in [0.2, 0.25) is 0 Å². The average molecular weight is 266 g/mol. The first-order chi connectivity index (χ1) is 8.99. The Morgan fingerprint density at radius 1 is 1.11 bits per heavy atom. The minimum Gasteiger partial charge on any atom is -0.328 e. The molecule has 0 saturated heterocycles. The van der Waals surface area contributed by atoms with Crippen LogP contribution < -0.4 is 11.5 Å². The zero-order valence-electron chi connectivity index (χ0n) is 10.9. The molecule has 0 unspecified atom stereocenters. The Morgan fingerprint density at radius 2 is 1.79 bits per heavy atom.